The van der Waals surface area contributed by atoms with E-state index in [1.165, 1.54) is 99.7 Å². The molecule has 2 heteroatoms. The summed E-state index contributed by atoms with van der Waals surface area (Å²) in [5, 5.41) is 2.48. The Morgan fingerprint density at radius 3 is 1.48 bits per heavy atom. The normalized spacial score (nSPS) is 12.6. The third-order valence-corrected chi connectivity index (χ3v) is 14.1. The van der Waals surface area contributed by atoms with Crippen LogP contribution in [0.1, 0.15) is 36.1 Å². The van der Waals surface area contributed by atoms with Gasteiger partial charge in [0.2, 0.25) is 0 Å². The van der Waals surface area contributed by atoms with Crippen molar-refractivity contribution in [2.24, 2.45) is 0 Å². The van der Waals surface area contributed by atoms with Crippen LogP contribution in [0.15, 0.2) is 231 Å². The van der Waals surface area contributed by atoms with Crippen molar-refractivity contribution < 1.29 is 0 Å². The van der Waals surface area contributed by atoms with Crippen LogP contribution >= 0.6 is 0 Å². The number of aromatic nitrogens is 1. The van der Waals surface area contributed by atoms with Crippen molar-refractivity contribution in [1.82, 2.24) is 4.57 Å². The van der Waals surface area contributed by atoms with E-state index in [9.17, 15) is 0 Å². The van der Waals surface area contributed by atoms with Gasteiger partial charge in [0.1, 0.15) is 0 Å². The van der Waals surface area contributed by atoms with Crippen LogP contribution in [0.5, 0.6) is 0 Å². The molecule has 0 saturated heterocycles. The van der Waals surface area contributed by atoms with Gasteiger partial charge in [0.15, 0.2) is 0 Å². The van der Waals surface area contributed by atoms with Crippen LogP contribution in [-0.2, 0) is 5.41 Å². The van der Waals surface area contributed by atoms with Crippen LogP contribution in [0.25, 0.3) is 83.1 Å². The van der Waals surface area contributed by atoms with Crippen LogP contribution in [-0.4, -0.2) is 4.57 Å². The monoisotopic (exact) mass is 858 g/mol. The predicted octanol–water partition coefficient (Wildman–Crippen LogP) is 17.8. The minimum Gasteiger partial charge on any atom is -0.311 e. The van der Waals surface area contributed by atoms with Crippen LogP contribution < -0.4 is 4.90 Å². The molecule has 0 atom stereocenters. The molecule has 10 aromatic carbocycles. The quantitative estimate of drug-likeness (QED) is 0.148. The molecule has 2 nitrogen and oxygen atoms in total. The van der Waals surface area contributed by atoms with Gasteiger partial charge >= 0.3 is 0 Å². The van der Waals surface area contributed by atoms with E-state index in [1.54, 1.807) is 0 Å². The number of aryl methyl sites for hydroxylation is 2. The fraction of sp³-hybridized carbons (Fsp3) is 0.0769. The first-order chi connectivity index (χ1) is 32.8. The molecule has 0 unspecified atom stereocenters. The van der Waals surface area contributed by atoms with E-state index in [0.29, 0.717) is 0 Å². The first kappa shape index (κ1) is 40.3. The summed E-state index contributed by atoms with van der Waals surface area (Å²) in [4.78, 5) is 2.37. The predicted molar refractivity (Wildman–Crippen MR) is 284 cm³/mol. The molecule has 1 heterocycles. The highest BCUT2D eigenvalue weighted by atomic mass is 15.1. The summed E-state index contributed by atoms with van der Waals surface area (Å²) in [5.41, 5.74) is 24.5. The van der Waals surface area contributed by atoms with Crippen LogP contribution in [0.3, 0.4) is 0 Å². The van der Waals surface area contributed by atoms with Crippen molar-refractivity contribution in [1.29, 1.82) is 0 Å². The zero-order valence-electron chi connectivity index (χ0n) is 38.3. The molecule has 0 radical (unpaired) electrons. The maximum absolute atomic E-state index is 2.45. The largest absolute Gasteiger partial charge is 0.311 e. The van der Waals surface area contributed by atoms with Crippen LogP contribution in [0, 0.1) is 13.8 Å². The lowest BCUT2D eigenvalue weighted by Gasteiger charge is -2.26. The number of fused-ring (bicyclic) bond motifs is 6. The van der Waals surface area contributed by atoms with E-state index in [-0.39, 0.29) is 5.41 Å². The van der Waals surface area contributed by atoms with Crippen LogP contribution in [0.2, 0.25) is 0 Å². The van der Waals surface area contributed by atoms with Gasteiger partial charge in [-0.3, -0.25) is 0 Å². The van der Waals surface area contributed by atoms with Gasteiger partial charge in [-0.25, -0.2) is 0 Å². The molecule has 320 valence electrons. The Morgan fingerprint density at radius 1 is 0.343 bits per heavy atom. The first-order valence-corrected chi connectivity index (χ1v) is 23.4. The standard InChI is InChI=1S/C65H50N2/c1-43-22-30-52(31-23-43)66(53-32-25-47(26-33-53)49-29-37-58-57-36-24-44(2)38-60(57)65(3,4)61(58)42-49)54-34-27-48(28-35-54)56-19-13-21-63-64(56)59-18-11-12-20-62(59)67(63)55-40-50(45-14-7-5-8-15-45)39-51(41-55)46-16-9-6-10-17-46/h5-42H,1-4H3. The van der Waals surface area contributed by atoms with Crippen molar-refractivity contribution in [3.8, 4) is 61.3 Å². The number of para-hydroxylation sites is 1. The smallest absolute Gasteiger partial charge is 0.0547 e. The fourth-order valence-corrected chi connectivity index (χ4v) is 10.6. The highest BCUT2D eigenvalue weighted by Gasteiger charge is 2.35. The SMILES string of the molecule is Cc1ccc(N(c2ccc(-c3ccc4c(c3)C(C)(C)c3cc(C)ccc3-4)cc2)c2ccc(-c3cccc4c3c3ccccc3n4-c3cc(-c4ccccc4)cc(-c4ccccc4)c3)cc2)cc1. The van der Waals surface area contributed by atoms with Gasteiger partial charge in [-0.15, -0.1) is 0 Å². The molecule has 1 aliphatic carbocycles. The lowest BCUT2D eigenvalue weighted by atomic mass is 9.81. The van der Waals surface area contributed by atoms with E-state index in [2.05, 4.69) is 268 Å². The second-order valence-corrected chi connectivity index (χ2v) is 18.8. The van der Waals surface area contributed by atoms with Crippen molar-refractivity contribution in [3.05, 3.63) is 253 Å². The lowest BCUT2D eigenvalue weighted by Crippen LogP contribution is -2.15. The third kappa shape index (κ3) is 6.96. The number of nitrogens with zero attached hydrogens (tertiary/aromatic N) is 2. The minimum absolute atomic E-state index is 0.0509. The van der Waals surface area contributed by atoms with E-state index >= 15 is 0 Å². The highest BCUT2D eigenvalue weighted by Crippen LogP contribution is 2.50. The topological polar surface area (TPSA) is 8.17 Å². The molecule has 0 spiro atoms. The summed E-state index contributed by atoms with van der Waals surface area (Å²) in [7, 11) is 0. The van der Waals surface area contributed by atoms with E-state index in [0.717, 1.165) is 22.7 Å². The highest BCUT2D eigenvalue weighted by molar-refractivity contribution is 6.16. The van der Waals surface area contributed by atoms with Gasteiger partial charge in [0.05, 0.1) is 11.0 Å². The first-order valence-electron chi connectivity index (χ1n) is 23.4. The second-order valence-electron chi connectivity index (χ2n) is 18.8. The average Bonchev–Trinajstić information content (AvgIpc) is 3.83. The Labute approximate surface area is 393 Å². The Hall–Kier alpha value is -8.20. The second kappa shape index (κ2) is 16.0. The minimum atomic E-state index is -0.0509. The summed E-state index contributed by atoms with van der Waals surface area (Å²) in [6.45, 7) is 9.06. The number of hydrogen-bond donors (Lipinski definition) is 0. The van der Waals surface area contributed by atoms with E-state index < -0.39 is 0 Å². The summed E-state index contributed by atoms with van der Waals surface area (Å²) in [6.07, 6.45) is 0. The third-order valence-electron chi connectivity index (χ3n) is 14.1. The lowest BCUT2D eigenvalue weighted by molar-refractivity contribution is 0.660. The zero-order chi connectivity index (χ0) is 45.2. The van der Waals surface area contributed by atoms with Crippen molar-refractivity contribution in [2.75, 3.05) is 4.90 Å². The molecule has 1 aromatic heterocycles. The van der Waals surface area contributed by atoms with Gasteiger partial charge < -0.3 is 9.47 Å². The number of rotatable bonds is 8. The molecule has 0 N–H and O–H groups in total. The molecule has 11 aromatic rings. The Morgan fingerprint density at radius 2 is 0.836 bits per heavy atom. The number of hydrogen-bond acceptors (Lipinski definition) is 1. The molecule has 0 amide bonds. The number of benzene rings is 10. The van der Waals surface area contributed by atoms with Crippen molar-refractivity contribution in [2.45, 2.75) is 33.1 Å². The Bertz CT molecular complexity index is 3580. The molecule has 67 heavy (non-hydrogen) atoms. The van der Waals surface area contributed by atoms with E-state index in [1.807, 2.05) is 0 Å². The van der Waals surface area contributed by atoms with Gasteiger partial charge in [0, 0.05) is 38.9 Å². The molecule has 12 rings (SSSR count). The summed E-state index contributed by atoms with van der Waals surface area (Å²) < 4.78 is 2.45. The molecule has 0 aliphatic heterocycles. The summed E-state index contributed by atoms with van der Waals surface area (Å²) in [6, 6.07) is 85.1. The summed E-state index contributed by atoms with van der Waals surface area (Å²) in [5.74, 6) is 0. The fourth-order valence-electron chi connectivity index (χ4n) is 10.6. The van der Waals surface area contributed by atoms with Gasteiger partial charge in [-0.05, 0) is 153 Å². The maximum Gasteiger partial charge on any atom is 0.0547 e. The number of anilines is 3. The summed E-state index contributed by atoms with van der Waals surface area (Å²) >= 11 is 0. The van der Waals surface area contributed by atoms with Crippen LogP contribution in [0.4, 0.5) is 17.1 Å². The molecular formula is C65H50N2. The van der Waals surface area contributed by atoms with Crippen molar-refractivity contribution >= 4 is 38.9 Å². The Balaban J connectivity index is 0.930. The van der Waals surface area contributed by atoms with Gasteiger partial charge in [-0.2, -0.15) is 0 Å². The average molecular weight is 859 g/mol. The zero-order valence-corrected chi connectivity index (χ0v) is 38.3. The Kier molecular flexibility index (Phi) is 9.66. The maximum atomic E-state index is 2.45. The molecular weight excluding hydrogens is 809 g/mol. The van der Waals surface area contributed by atoms with Crippen molar-refractivity contribution in [3.63, 3.8) is 0 Å². The van der Waals surface area contributed by atoms with E-state index in [4.69, 9.17) is 0 Å². The molecule has 1 aliphatic rings. The van der Waals surface area contributed by atoms with Gasteiger partial charge in [0.25, 0.3) is 0 Å². The molecule has 0 saturated carbocycles. The molecule has 0 bridgehead atoms. The molecule has 0 fully saturated rings. The van der Waals surface area contributed by atoms with Gasteiger partial charge in [-0.1, -0.05) is 183 Å².